The molecule has 1 aliphatic carbocycles. The Morgan fingerprint density at radius 1 is 1.47 bits per heavy atom. The minimum Gasteiger partial charge on any atom is -0.399 e. The van der Waals surface area contributed by atoms with Crippen molar-refractivity contribution in [3.8, 4) is 0 Å². The molecule has 2 unspecified atom stereocenters. The van der Waals surface area contributed by atoms with Gasteiger partial charge >= 0.3 is 0 Å². The van der Waals surface area contributed by atoms with E-state index < -0.39 is 0 Å². The summed E-state index contributed by atoms with van der Waals surface area (Å²) < 4.78 is 0. The maximum absolute atomic E-state index is 9.61. The zero-order valence-electron chi connectivity index (χ0n) is 9.20. The average molecular weight is 206 g/mol. The highest BCUT2D eigenvalue weighted by molar-refractivity contribution is 5.55. The number of hydrogen-bond donors (Lipinski definition) is 3. The van der Waals surface area contributed by atoms with E-state index in [0.717, 1.165) is 17.8 Å². The molecule has 0 amide bonds. The largest absolute Gasteiger partial charge is 0.399 e. The van der Waals surface area contributed by atoms with E-state index in [1.54, 1.807) is 0 Å². The molecule has 15 heavy (non-hydrogen) atoms. The van der Waals surface area contributed by atoms with Gasteiger partial charge in [-0.15, -0.1) is 0 Å². The van der Waals surface area contributed by atoms with E-state index >= 15 is 0 Å². The maximum atomic E-state index is 9.61. The van der Waals surface area contributed by atoms with Crippen LogP contribution in [0.15, 0.2) is 24.3 Å². The van der Waals surface area contributed by atoms with E-state index in [1.165, 1.54) is 0 Å². The van der Waals surface area contributed by atoms with Crippen LogP contribution >= 0.6 is 0 Å². The number of nitrogens with two attached hydrogens (primary N) is 1. The summed E-state index contributed by atoms with van der Waals surface area (Å²) in [5.41, 5.74) is 7.44. The molecule has 4 N–H and O–H groups in total. The Morgan fingerprint density at radius 3 is 2.73 bits per heavy atom. The number of anilines is 2. The molecule has 0 saturated heterocycles. The van der Waals surface area contributed by atoms with Crippen molar-refractivity contribution < 1.29 is 5.11 Å². The number of rotatable bonds is 2. The Hall–Kier alpha value is -1.22. The van der Waals surface area contributed by atoms with Crippen LogP contribution in [-0.4, -0.2) is 17.3 Å². The summed E-state index contributed by atoms with van der Waals surface area (Å²) in [4.78, 5) is 0. The standard InChI is InChI=1S/C12H18N2O/c1-12(2)10(7-11(12)15)14-9-5-3-4-8(13)6-9/h3-6,10-11,14-15H,7,13H2,1-2H3. The van der Waals surface area contributed by atoms with Gasteiger partial charge in [0, 0.05) is 22.8 Å². The van der Waals surface area contributed by atoms with Crippen molar-refractivity contribution in [2.45, 2.75) is 32.4 Å². The first-order valence-corrected chi connectivity index (χ1v) is 5.30. The van der Waals surface area contributed by atoms with Gasteiger partial charge in [-0.3, -0.25) is 0 Å². The lowest BCUT2D eigenvalue weighted by Gasteiger charge is -2.49. The minimum absolute atomic E-state index is 0.0510. The Kier molecular flexibility index (Phi) is 2.35. The number of hydrogen-bond acceptors (Lipinski definition) is 3. The second kappa shape index (κ2) is 3.42. The van der Waals surface area contributed by atoms with Crippen molar-refractivity contribution in [3.05, 3.63) is 24.3 Å². The lowest BCUT2D eigenvalue weighted by molar-refractivity contribution is -0.0510. The highest BCUT2D eigenvalue weighted by Gasteiger charge is 2.47. The zero-order valence-corrected chi connectivity index (χ0v) is 9.20. The fourth-order valence-electron chi connectivity index (χ4n) is 1.98. The predicted molar refractivity (Wildman–Crippen MR) is 62.7 cm³/mol. The molecule has 0 radical (unpaired) electrons. The fraction of sp³-hybridized carbons (Fsp3) is 0.500. The van der Waals surface area contributed by atoms with Gasteiger partial charge in [0.05, 0.1) is 6.10 Å². The van der Waals surface area contributed by atoms with Crippen LogP contribution in [0, 0.1) is 5.41 Å². The molecule has 1 aromatic rings. The first-order chi connectivity index (χ1) is 7.00. The second-order valence-corrected chi connectivity index (χ2v) is 4.90. The van der Waals surface area contributed by atoms with Crippen molar-refractivity contribution in [2.24, 2.45) is 5.41 Å². The van der Waals surface area contributed by atoms with Gasteiger partial charge in [-0.05, 0) is 24.6 Å². The lowest BCUT2D eigenvalue weighted by Crippen LogP contribution is -2.56. The van der Waals surface area contributed by atoms with E-state index in [2.05, 4.69) is 19.2 Å². The maximum Gasteiger partial charge on any atom is 0.0630 e. The quantitative estimate of drug-likeness (QED) is 0.647. The molecule has 2 atom stereocenters. The summed E-state index contributed by atoms with van der Waals surface area (Å²) in [6.45, 7) is 4.15. The van der Waals surface area contributed by atoms with Crippen LogP contribution in [0.4, 0.5) is 11.4 Å². The van der Waals surface area contributed by atoms with Gasteiger partial charge < -0.3 is 16.2 Å². The molecule has 1 aliphatic rings. The van der Waals surface area contributed by atoms with E-state index in [4.69, 9.17) is 5.73 Å². The molecule has 82 valence electrons. The third-order valence-electron chi connectivity index (χ3n) is 3.44. The van der Waals surface area contributed by atoms with Crippen LogP contribution in [0.3, 0.4) is 0 Å². The molecule has 1 fully saturated rings. The first kappa shape index (κ1) is 10.3. The highest BCUT2D eigenvalue weighted by Crippen LogP contribution is 2.42. The Morgan fingerprint density at radius 2 is 2.20 bits per heavy atom. The number of aliphatic hydroxyl groups is 1. The van der Waals surface area contributed by atoms with Crippen molar-refractivity contribution in [2.75, 3.05) is 11.1 Å². The van der Waals surface area contributed by atoms with Crippen molar-refractivity contribution in [1.82, 2.24) is 0 Å². The molecule has 1 aromatic carbocycles. The van der Waals surface area contributed by atoms with Gasteiger partial charge in [-0.2, -0.15) is 0 Å². The highest BCUT2D eigenvalue weighted by atomic mass is 16.3. The summed E-state index contributed by atoms with van der Waals surface area (Å²) >= 11 is 0. The van der Waals surface area contributed by atoms with E-state index in [9.17, 15) is 5.11 Å². The van der Waals surface area contributed by atoms with E-state index in [-0.39, 0.29) is 11.5 Å². The molecule has 2 rings (SSSR count). The van der Waals surface area contributed by atoms with Crippen LogP contribution in [0.5, 0.6) is 0 Å². The van der Waals surface area contributed by atoms with Gasteiger partial charge in [0.2, 0.25) is 0 Å². The lowest BCUT2D eigenvalue weighted by atomic mass is 9.64. The van der Waals surface area contributed by atoms with Gasteiger partial charge in [-0.1, -0.05) is 19.9 Å². The summed E-state index contributed by atoms with van der Waals surface area (Å²) in [6, 6.07) is 8.04. The third kappa shape index (κ3) is 1.79. The normalized spacial score (nSPS) is 28.2. The zero-order chi connectivity index (χ0) is 11.1. The fourth-order valence-corrected chi connectivity index (χ4v) is 1.98. The van der Waals surface area contributed by atoms with Crippen molar-refractivity contribution in [3.63, 3.8) is 0 Å². The molecule has 0 spiro atoms. The number of nitrogen functional groups attached to an aromatic ring is 1. The third-order valence-corrected chi connectivity index (χ3v) is 3.44. The van der Waals surface area contributed by atoms with Crippen LogP contribution < -0.4 is 11.1 Å². The molecular formula is C12H18N2O. The molecule has 3 heteroatoms. The predicted octanol–water partition coefficient (Wildman–Crippen LogP) is 1.84. The Bertz CT molecular complexity index is 362. The number of nitrogens with one attached hydrogen (secondary N) is 1. The number of aliphatic hydroxyl groups excluding tert-OH is 1. The molecular weight excluding hydrogens is 188 g/mol. The summed E-state index contributed by atoms with van der Waals surface area (Å²) in [7, 11) is 0. The van der Waals surface area contributed by atoms with Crippen LogP contribution in [-0.2, 0) is 0 Å². The van der Waals surface area contributed by atoms with Crippen LogP contribution in [0.25, 0.3) is 0 Å². The molecule has 0 heterocycles. The van der Waals surface area contributed by atoms with E-state index in [0.29, 0.717) is 6.04 Å². The van der Waals surface area contributed by atoms with Gasteiger partial charge in [0.25, 0.3) is 0 Å². The van der Waals surface area contributed by atoms with Gasteiger partial charge in [0.15, 0.2) is 0 Å². The summed E-state index contributed by atoms with van der Waals surface area (Å²) in [5.74, 6) is 0. The molecule has 0 aliphatic heterocycles. The molecule has 1 saturated carbocycles. The summed E-state index contributed by atoms with van der Waals surface area (Å²) in [6.07, 6.45) is 0.609. The van der Waals surface area contributed by atoms with Gasteiger partial charge in [-0.25, -0.2) is 0 Å². The van der Waals surface area contributed by atoms with E-state index in [1.807, 2.05) is 24.3 Å². The Balaban J connectivity index is 2.05. The second-order valence-electron chi connectivity index (χ2n) is 4.90. The smallest absolute Gasteiger partial charge is 0.0630 e. The molecule has 3 nitrogen and oxygen atoms in total. The van der Waals surface area contributed by atoms with Crippen LogP contribution in [0.1, 0.15) is 20.3 Å². The number of benzene rings is 1. The summed E-state index contributed by atoms with van der Waals surface area (Å²) in [5, 5.41) is 13.0. The monoisotopic (exact) mass is 206 g/mol. The Labute approximate surface area is 90.3 Å². The van der Waals surface area contributed by atoms with Gasteiger partial charge in [0.1, 0.15) is 0 Å². The first-order valence-electron chi connectivity index (χ1n) is 5.30. The topological polar surface area (TPSA) is 58.3 Å². The van der Waals surface area contributed by atoms with Crippen molar-refractivity contribution in [1.29, 1.82) is 0 Å². The molecule has 0 bridgehead atoms. The SMILES string of the molecule is CC1(C)C(O)CC1Nc1cccc(N)c1. The molecule has 0 aromatic heterocycles. The van der Waals surface area contributed by atoms with Crippen LogP contribution in [0.2, 0.25) is 0 Å². The average Bonchev–Trinajstić information content (AvgIpc) is 2.17. The minimum atomic E-state index is -0.198. The van der Waals surface area contributed by atoms with Crippen molar-refractivity contribution >= 4 is 11.4 Å².